The van der Waals surface area contributed by atoms with Crippen molar-refractivity contribution in [3.05, 3.63) is 12.4 Å². The summed E-state index contributed by atoms with van der Waals surface area (Å²) in [5.41, 5.74) is 0.742. The molecule has 1 amide bonds. The number of nitrogens with one attached hydrogen (secondary N) is 2. The summed E-state index contributed by atoms with van der Waals surface area (Å²) in [5, 5.41) is 9.98. The van der Waals surface area contributed by atoms with Crippen LogP contribution in [0.4, 0.5) is 5.69 Å². The smallest absolute Gasteiger partial charge is 0.241 e. The van der Waals surface area contributed by atoms with Crippen molar-refractivity contribution in [2.24, 2.45) is 0 Å². The average molecular weight is 267 g/mol. The van der Waals surface area contributed by atoms with E-state index in [0.29, 0.717) is 0 Å². The quantitative estimate of drug-likeness (QED) is 0.730. The molecular weight excluding hydrogens is 242 g/mol. The minimum absolute atomic E-state index is 0.0502. The Morgan fingerprint density at radius 2 is 2.16 bits per heavy atom. The fraction of sp³-hybridized carbons (Fsp3) is 0.692. The number of hydrogen-bond donors (Lipinski definition) is 2. The molecule has 0 bridgehead atoms. The van der Waals surface area contributed by atoms with Crippen LogP contribution in [0.25, 0.3) is 0 Å². The summed E-state index contributed by atoms with van der Waals surface area (Å²) >= 11 is 0. The largest absolute Gasteiger partial charge is 0.322 e. The van der Waals surface area contributed by atoms with Crippen LogP contribution in [-0.2, 0) is 11.3 Å². The number of anilines is 1. The standard InChI is InChI=1S/C13H25N5O/c1-5-17(6-2)7-8-18-10-12(9-15-18)16-13(19)11(3)14-4/h9-11,14H,5-8H2,1-4H3,(H,16,19). The van der Waals surface area contributed by atoms with Crippen LogP contribution in [0, 0.1) is 0 Å². The van der Waals surface area contributed by atoms with Crippen molar-refractivity contribution >= 4 is 11.6 Å². The molecule has 108 valence electrons. The molecule has 0 spiro atoms. The van der Waals surface area contributed by atoms with Gasteiger partial charge in [0, 0.05) is 12.7 Å². The van der Waals surface area contributed by atoms with Gasteiger partial charge in [-0.1, -0.05) is 13.8 Å². The molecule has 0 aliphatic carbocycles. The monoisotopic (exact) mass is 267 g/mol. The maximum absolute atomic E-state index is 11.7. The van der Waals surface area contributed by atoms with Crippen LogP contribution in [0.15, 0.2) is 12.4 Å². The average Bonchev–Trinajstić information content (AvgIpc) is 2.86. The molecule has 2 N–H and O–H groups in total. The Hall–Kier alpha value is -1.40. The summed E-state index contributed by atoms with van der Waals surface area (Å²) in [5.74, 6) is -0.0502. The second-order valence-electron chi connectivity index (χ2n) is 4.52. The summed E-state index contributed by atoms with van der Waals surface area (Å²) in [7, 11) is 1.76. The van der Waals surface area contributed by atoms with E-state index in [1.54, 1.807) is 13.2 Å². The highest BCUT2D eigenvalue weighted by Gasteiger charge is 2.11. The SMILES string of the molecule is CCN(CC)CCn1cc(NC(=O)C(C)NC)cn1. The molecule has 1 unspecified atom stereocenters. The molecule has 1 atom stereocenters. The van der Waals surface area contributed by atoms with E-state index in [9.17, 15) is 4.79 Å². The number of nitrogens with zero attached hydrogens (tertiary/aromatic N) is 3. The lowest BCUT2D eigenvalue weighted by Gasteiger charge is -2.17. The molecule has 0 aliphatic rings. The van der Waals surface area contributed by atoms with E-state index < -0.39 is 0 Å². The van der Waals surface area contributed by atoms with Crippen LogP contribution in [0.1, 0.15) is 20.8 Å². The van der Waals surface area contributed by atoms with Gasteiger partial charge in [-0.25, -0.2) is 0 Å². The van der Waals surface area contributed by atoms with Crippen LogP contribution < -0.4 is 10.6 Å². The summed E-state index contributed by atoms with van der Waals surface area (Å²) in [4.78, 5) is 14.0. The van der Waals surface area contributed by atoms with E-state index in [2.05, 4.69) is 34.5 Å². The van der Waals surface area contributed by atoms with Gasteiger partial charge in [-0.2, -0.15) is 5.10 Å². The maximum atomic E-state index is 11.7. The second-order valence-corrected chi connectivity index (χ2v) is 4.52. The number of hydrogen-bond acceptors (Lipinski definition) is 4. The maximum Gasteiger partial charge on any atom is 0.241 e. The van der Waals surface area contributed by atoms with Gasteiger partial charge in [0.2, 0.25) is 5.91 Å². The topological polar surface area (TPSA) is 62.2 Å². The second kappa shape index (κ2) is 7.91. The zero-order chi connectivity index (χ0) is 14.3. The molecule has 0 aliphatic heterocycles. The van der Waals surface area contributed by atoms with Crippen molar-refractivity contribution in [2.75, 3.05) is 32.0 Å². The molecule has 6 heteroatoms. The van der Waals surface area contributed by atoms with Gasteiger partial charge < -0.3 is 15.5 Å². The van der Waals surface area contributed by atoms with Gasteiger partial charge in [0.05, 0.1) is 24.5 Å². The van der Waals surface area contributed by atoms with Crippen LogP contribution in [0.3, 0.4) is 0 Å². The molecule has 0 saturated carbocycles. The summed E-state index contributed by atoms with van der Waals surface area (Å²) in [6.07, 6.45) is 3.55. The Bertz CT molecular complexity index is 386. The Morgan fingerprint density at radius 3 is 2.74 bits per heavy atom. The lowest BCUT2D eigenvalue weighted by Crippen LogP contribution is -2.35. The molecule has 1 heterocycles. The minimum Gasteiger partial charge on any atom is -0.322 e. The van der Waals surface area contributed by atoms with E-state index in [0.717, 1.165) is 31.9 Å². The fourth-order valence-electron chi connectivity index (χ4n) is 1.72. The summed E-state index contributed by atoms with van der Waals surface area (Å²) < 4.78 is 1.86. The van der Waals surface area contributed by atoms with E-state index in [1.165, 1.54) is 0 Å². The number of aromatic nitrogens is 2. The minimum atomic E-state index is -0.209. The molecular formula is C13H25N5O. The van der Waals surface area contributed by atoms with Gasteiger partial charge in [0.1, 0.15) is 0 Å². The van der Waals surface area contributed by atoms with Crippen molar-refractivity contribution in [3.63, 3.8) is 0 Å². The molecule has 0 fully saturated rings. The van der Waals surface area contributed by atoms with E-state index in [1.807, 2.05) is 17.8 Å². The molecule has 1 aromatic rings. The van der Waals surface area contributed by atoms with Crippen molar-refractivity contribution < 1.29 is 4.79 Å². The number of rotatable bonds is 8. The number of likely N-dealkylation sites (N-methyl/N-ethyl adjacent to an activating group) is 2. The Balaban J connectivity index is 2.46. The predicted octanol–water partition coefficient (Wildman–Crippen LogP) is 0.771. The zero-order valence-electron chi connectivity index (χ0n) is 12.3. The molecule has 1 rings (SSSR count). The summed E-state index contributed by atoms with van der Waals surface area (Å²) in [6, 6.07) is -0.209. The highest BCUT2D eigenvalue weighted by atomic mass is 16.2. The van der Waals surface area contributed by atoms with Gasteiger partial charge in [0.15, 0.2) is 0 Å². The Labute approximate surface area is 115 Å². The summed E-state index contributed by atoms with van der Waals surface area (Å²) in [6.45, 7) is 10.0. The Kier molecular flexibility index (Phi) is 6.52. The third kappa shape index (κ3) is 5.00. The van der Waals surface area contributed by atoms with Crippen LogP contribution in [0.5, 0.6) is 0 Å². The van der Waals surface area contributed by atoms with E-state index in [-0.39, 0.29) is 11.9 Å². The normalized spacial score (nSPS) is 12.7. The zero-order valence-corrected chi connectivity index (χ0v) is 12.3. The van der Waals surface area contributed by atoms with Crippen molar-refractivity contribution in [1.82, 2.24) is 20.0 Å². The molecule has 19 heavy (non-hydrogen) atoms. The van der Waals surface area contributed by atoms with Gasteiger partial charge in [-0.05, 0) is 27.1 Å². The number of carbonyl (C=O) groups is 1. The first-order chi connectivity index (χ1) is 9.10. The molecule has 0 saturated heterocycles. The lowest BCUT2D eigenvalue weighted by atomic mass is 10.3. The van der Waals surface area contributed by atoms with Crippen molar-refractivity contribution in [1.29, 1.82) is 0 Å². The van der Waals surface area contributed by atoms with E-state index in [4.69, 9.17) is 0 Å². The van der Waals surface area contributed by atoms with Gasteiger partial charge in [-0.3, -0.25) is 9.48 Å². The van der Waals surface area contributed by atoms with Crippen molar-refractivity contribution in [3.8, 4) is 0 Å². The molecule has 0 aromatic carbocycles. The van der Waals surface area contributed by atoms with Gasteiger partial charge in [0.25, 0.3) is 0 Å². The third-order valence-corrected chi connectivity index (χ3v) is 3.27. The first-order valence-electron chi connectivity index (χ1n) is 6.83. The Morgan fingerprint density at radius 1 is 1.47 bits per heavy atom. The first kappa shape index (κ1) is 15.7. The van der Waals surface area contributed by atoms with Gasteiger partial charge >= 0.3 is 0 Å². The van der Waals surface area contributed by atoms with Crippen LogP contribution >= 0.6 is 0 Å². The molecule has 1 aromatic heterocycles. The number of amides is 1. The van der Waals surface area contributed by atoms with Crippen LogP contribution in [0.2, 0.25) is 0 Å². The van der Waals surface area contributed by atoms with E-state index >= 15 is 0 Å². The van der Waals surface area contributed by atoms with Crippen LogP contribution in [-0.4, -0.2) is 53.3 Å². The number of carbonyl (C=O) groups excluding carboxylic acids is 1. The fourth-order valence-corrected chi connectivity index (χ4v) is 1.72. The van der Waals surface area contributed by atoms with Gasteiger partial charge in [-0.15, -0.1) is 0 Å². The highest BCUT2D eigenvalue weighted by Crippen LogP contribution is 2.05. The molecule has 6 nitrogen and oxygen atoms in total. The van der Waals surface area contributed by atoms with Crippen molar-refractivity contribution in [2.45, 2.75) is 33.4 Å². The highest BCUT2D eigenvalue weighted by molar-refractivity contribution is 5.94. The molecule has 0 radical (unpaired) electrons. The predicted molar refractivity (Wildman–Crippen MR) is 77.2 cm³/mol. The first-order valence-corrected chi connectivity index (χ1v) is 6.83. The lowest BCUT2D eigenvalue weighted by molar-refractivity contribution is -0.117. The third-order valence-electron chi connectivity index (χ3n) is 3.27.